The summed E-state index contributed by atoms with van der Waals surface area (Å²) in [5.74, 6) is 0.671. The van der Waals surface area contributed by atoms with Crippen LogP contribution in [0.15, 0.2) is 59.8 Å². The number of carbonyl (C=O) groups excluding carboxylic acids is 1. The summed E-state index contributed by atoms with van der Waals surface area (Å²) in [6, 6.07) is 19.0. The maximum atomic E-state index is 12.8. The van der Waals surface area contributed by atoms with Crippen LogP contribution in [0.3, 0.4) is 0 Å². The SMILES string of the molecule is CC(Sc1nnc(N2CCCCC2)n1-c1ccccc1)C(=O)Nc1cccc(C#N)c1. The highest BCUT2D eigenvalue weighted by Gasteiger charge is 2.24. The molecule has 158 valence electrons. The number of nitrogens with zero attached hydrogens (tertiary/aromatic N) is 5. The highest BCUT2D eigenvalue weighted by Crippen LogP contribution is 2.30. The standard InChI is InChI=1S/C23H24N6OS/c1-17(21(30)25-19-10-8-9-18(15-19)16-24)31-23-27-26-22(28-13-6-3-7-14-28)29(23)20-11-4-2-5-12-20/h2,4-5,8-12,15,17H,3,6-7,13-14H2,1H3,(H,25,30). The topological polar surface area (TPSA) is 86.8 Å². The molecule has 1 unspecified atom stereocenters. The van der Waals surface area contributed by atoms with Crippen molar-refractivity contribution in [1.29, 1.82) is 5.26 Å². The van der Waals surface area contributed by atoms with E-state index in [4.69, 9.17) is 5.26 Å². The van der Waals surface area contributed by atoms with E-state index >= 15 is 0 Å². The lowest BCUT2D eigenvalue weighted by molar-refractivity contribution is -0.115. The molecule has 0 radical (unpaired) electrons. The molecule has 1 fully saturated rings. The Morgan fingerprint density at radius 2 is 1.87 bits per heavy atom. The number of aromatic nitrogens is 3. The first-order valence-corrected chi connectivity index (χ1v) is 11.3. The van der Waals surface area contributed by atoms with Gasteiger partial charge in [0, 0.05) is 18.8 Å². The molecule has 1 aliphatic heterocycles. The normalized spacial score (nSPS) is 14.6. The zero-order valence-corrected chi connectivity index (χ0v) is 18.2. The third kappa shape index (κ3) is 4.89. The molecule has 1 aliphatic rings. The largest absolute Gasteiger partial charge is 0.341 e. The van der Waals surface area contributed by atoms with Gasteiger partial charge in [-0.25, -0.2) is 0 Å². The summed E-state index contributed by atoms with van der Waals surface area (Å²) < 4.78 is 2.04. The van der Waals surface area contributed by atoms with Gasteiger partial charge < -0.3 is 10.2 Å². The molecule has 4 rings (SSSR count). The van der Waals surface area contributed by atoms with Gasteiger partial charge in [0.15, 0.2) is 5.16 Å². The maximum Gasteiger partial charge on any atom is 0.237 e. The molecule has 8 heteroatoms. The van der Waals surface area contributed by atoms with Crippen LogP contribution in [0.5, 0.6) is 0 Å². The van der Waals surface area contributed by atoms with Crippen molar-refractivity contribution in [2.24, 2.45) is 0 Å². The number of para-hydroxylation sites is 1. The molecule has 0 saturated carbocycles. The van der Waals surface area contributed by atoms with E-state index in [2.05, 4.69) is 26.5 Å². The molecule has 1 aromatic heterocycles. The first-order valence-electron chi connectivity index (χ1n) is 10.4. The molecule has 1 N–H and O–H groups in total. The van der Waals surface area contributed by atoms with Gasteiger partial charge in [-0.15, -0.1) is 10.2 Å². The number of thioether (sulfide) groups is 1. The highest BCUT2D eigenvalue weighted by atomic mass is 32.2. The summed E-state index contributed by atoms with van der Waals surface area (Å²) >= 11 is 1.37. The van der Waals surface area contributed by atoms with Crippen LogP contribution in [0.2, 0.25) is 0 Å². The molecular formula is C23H24N6OS. The fourth-order valence-electron chi connectivity index (χ4n) is 3.56. The van der Waals surface area contributed by atoms with Gasteiger partial charge in [0.25, 0.3) is 0 Å². The average molecular weight is 433 g/mol. The summed E-state index contributed by atoms with van der Waals surface area (Å²) in [5.41, 5.74) is 2.09. The van der Waals surface area contributed by atoms with Gasteiger partial charge in [-0.1, -0.05) is 36.0 Å². The number of nitrogens with one attached hydrogen (secondary N) is 1. The predicted molar refractivity (Wildman–Crippen MR) is 123 cm³/mol. The zero-order chi connectivity index (χ0) is 21.6. The quantitative estimate of drug-likeness (QED) is 0.586. The Morgan fingerprint density at radius 3 is 2.61 bits per heavy atom. The molecule has 1 atom stereocenters. The van der Waals surface area contributed by atoms with Gasteiger partial charge in [-0.3, -0.25) is 9.36 Å². The molecule has 0 bridgehead atoms. The second-order valence-electron chi connectivity index (χ2n) is 7.44. The summed E-state index contributed by atoms with van der Waals surface area (Å²) in [5, 5.41) is 21.2. The summed E-state index contributed by atoms with van der Waals surface area (Å²) in [6.07, 6.45) is 3.52. The number of piperidine rings is 1. The van der Waals surface area contributed by atoms with Gasteiger partial charge in [0.2, 0.25) is 11.9 Å². The third-order valence-electron chi connectivity index (χ3n) is 5.18. The van der Waals surface area contributed by atoms with E-state index in [-0.39, 0.29) is 5.91 Å². The van der Waals surface area contributed by atoms with E-state index in [1.54, 1.807) is 24.3 Å². The number of rotatable bonds is 6. The monoisotopic (exact) mass is 432 g/mol. The summed E-state index contributed by atoms with van der Waals surface area (Å²) in [6.45, 7) is 3.76. The second-order valence-corrected chi connectivity index (χ2v) is 8.75. The molecule has 7 nitrogen and oxygen atoms in total. The molecule has 1 amide bonds. The molecular weight excluding hydrogens is 408 g/mol. The molecule has 2 heterocycles. The summed E-state index contributed by atoms with van der Waals surface area (Å²) in [7, 11) is 0. The van der Waals surface area contributed by atoms with E-state index in [9.17, 15) is 4.79 Å². The average Bonchev–Trinajstić information content (AvgIpc) is 3.23. The first kappa shape index (κ1) is 20.9. The minimum Gasteiger partial charge on any atom is -0.341 e. The smallest absolute Gasteiger partial charge is 0.237 e. The first-order chi connectivity index (χ1) is 15.2. The minimum absolute atomic E-state index is 0.151. The number of hydrogen-bond acceptors (Lipinski definition) is 6. The van der Waals surface area contributed by atoms with Gasteiger partial charge in [0.05, 0.1) is 22.6 Å². The van der Waals surface area contributed by atoms with E-state index in [0.29, 0.717) is 16.4 Å². The van der Waals surface area contributed by atoms with Crippen molar-refractivity contribution in [2.75, 3.05) is 23.3 Å². The lowest BCUT2D eigenvalue weighted by Crippen LogP contribution is -2.31. The fraction of sp³-hybridized carbons (Fsp3) is 0.304. The van der Waals surface area contributed by atoms with Crippen LogP contribution < -0.4 is 10.2 Å². The van der Waals surface area contributed by atoms with Crippen molar-refractivity contribution in [3.63, 3.8) is 0 Å². The number of benzene rings is 2. The van der Waals surface area contributed by atoms with E-state index < -0.39 is 5.25 Å². The predicted octanol–water partition coefficient (Wildman–Crippen LogP) is 4.25. The second kappa shape index (κ2) is 9.67. The Bertz CT molecular complexity index is 1080. The number of carbonyl (C=O) groups is 1. The van der Waals surface area contributed by atoms with Gasteiger partial charge in [-0.05, 0) is 56.5 Å². The Morgan fingerprint density at radius 1 is 1.10 bits per heavy atom. The van der Waals surface area contributed by atoms with Crippen molar-refractivity contribution >= 4 is 29.3 Å². The van der Waals surface area contributed by atoms with Crippen LogP contribution in [0.4, 0.5) is 11.6 Å². The van der Waals surface area contributed by atoms with Crippen molar-refractivity contribution in [2.45, 2.75) is 36.6 Å². The Hall–Kier alpha value is -3.31. The maximum absolute atomic E-state index is 12.8. The van der Waals surface area contributed by atoms with Crippen LogP contribution in [0, 0.1) is 11.3 Å². The van der Waals surface area contributed by atoms with E-state index in [1.165, 1.54) is 18.2 Å². The highest BCUT2D eigenvalue weighted by molar-refractivity contribution is 8.00. The van der Waals surface area contributed by atoms with Crippen LogP contribution in [-0.4, -0.2) is 39.0 Å². The number of nitriles is 1. The third-order valence-corrected chi connectivity index (χ3v) is 6.22. The summed E-state index contributed by atoms with van der Waals surface area (Å²) in [4.78, 5) is 15.1. The molecule has 1 saturated heterocycles. The van der Waals surface area contributed by atoms with Crippen LogP contribution in [-0.2, 0) is 4.79 Å². The van der Waals surface area contributed by atoms with Crippen molar-refractivity contribution in [1.82, 2.24) is 14.8 Å². The van der Waals surface area contributed by atoms with Crippen molar-refractivity contribution in [3.8, 4) is 11.8 Å². The van der Waals surface area contributed by atoms with Crippen LogP contribution in [0.25, 0.3) is 5.69 Å². The van der Waals surface area contributed by atoms with E-state index in [0.717, 1.165) is 37.6 Å². The fourth-order valence-corrected chi connectivity index (χ4v) is 4.42. The van der Waals surface area contributed by atoms with Gasteiger partial charge in [0.1, 0.15) is 0 Å². The lowest BCUT2D eigenvalue weighted by atomic mass is 10.1. The molecule has 31 heavy (non-hydrogen) atoms. The number of anilines is 2. The van der Waals surface area contributed by atoms with Gasteiger partial charge >= 0.3 is 0 Å². The molecule has 2 aromatic carbocycles. The van der Waals surface area contributed by atoms with E-state index in [1.807, 2.05) is 41.8 Å². The Balaban J connectivity index is 1.56. The molecule has 3 aromatic rings. The van der Waals surface area contributed by atoms with Crippen molar-refractivity contribution < 1.29 is 4.79 Å². The zero-order valence-electron chi connectivity index (χ0n) is 17.4. The van der Waals surface area contributed by atoms with Crippen LogP contribution >= 0.6 is 11.8 Å². The molecule has 0 aliphatic carbocycles. The number of hydrogen-bond donors (Lipinski definition) is 1. The Labute approximate surface area is 186 Å². The minimum atomic E-state index is -0.397. The Kier molecular flexibility index (Phi) is 6.53. The number of amides is 1. The van der Waals surface area contributed by atoms with Crippen molar-refractivity contribution in [3.05, 3.63) is 60.2 Å². The molecule has 0 spiro atoms. The lowest BCUT2D eigenvalue weighted by Gasteiger charge is -2.28. The van der Waals surface area contributed by atoms with Gasteiger partial charge in [-0.2, -0.15) is 5.26 Å². The van der Waals surface area contributed by atoms with Crippen LogP contribution in [0.1, 0.15) is 31.7 Å².